The molecule has 1 aliphatic rings. The lowest BCUT2D eigenvalue weighted by molar-refractivity contribution is -0.143. The molecular formula is C15H13FN2O4. The summed E-state index contributed by atoms with van der Waals surface area (Å²) in [7, 11) is 0. The number of benzene rings is 1. The first-order valence-corrected chi connectivity index (χ1v) is 6.73. The van der Waals surface area contributed by atoms with Gasteiger partial charge in [0.1, 0.15) is 17.6 Å². The van der Waals surface area contributed by atoms with Gasteiger partial charge >= 0.3 is 5.97 Å². The molecule has 7 heteroatoms. The maximum atomic E-state index is 12.9. The first-order valence-electron chi connectivity index (χ1n) is 6.73. The number of hydrogen-bond donors (Lipinski definition) is 2. The molecular weight excluding hydrogens is 291 g/mol. The van der Waals surface area contributed by atoms with Crippen molar-refractivity contribution in [3.63, 3.8) is 0 Å². The minimum atomic E-state index is -1.11. The van der Waals surface area contributed by atoms with E-state index in [9.17, 15) is 14.0 Å². The Morgan fingerprint density at radius 3 is 2.59 bits per heavy atom. The van der Waals surface area contributed by atoms with Crippen molar-refractivity contribution in [3.05, 3.63) is 42.0 Å². The normalized spacial score (nSPS) is 15.3. The number of carbonyl (C=O) groups is 2. The quantitative estimate of drug-likeness (QED) is 0.878. The zero-order valence-electron chi connectivity index (χ0n) is 11.5. The van der Waals surface area contributed by atoms with Crippen LogP contribution in [0.2, 0.25) is 0 Å². The van der Waals surface area contributed by atoms with Gasteiger partial charge in [-0.15, -0.1) is 0 Å². The number of oxazole rings is 1. The first-order chi connectivity index (χ1) is 10.5. The molecule has 6 nitrogen and oxygen atoms in total. The maximum absolute atomic E-state index is 12.9. The van der Waals surface area contributed by atoms with Gasteiger partial charge < -0.3 is 14.8 Å². The molecule has 0 spiro atoms. The largest absolute Gasteiger partial charge is 0.480 e. The first kappa shape index (κ1) is 14.2. The highest BCUT2D eigenvalue weighted by molar-refractivity contribution is 5.90. The van der Waals surface area contributed by atoms with E-state index in [0.29, 0.717) is 24.1 Å². The van der Waals surface area contributed by atoms with E-state index < -0.39 is 17.4 Å². The molecule has 22 heavy (non-hydrogen) atoms. The summed E-state index contributed by atoms with van der Waals surface area (Å²) in [5.41, 5.74) is -0.129. The van der Waals surface area contributed by atoms with Gasteiger partial charge in [0.05, 0.1) is 12.1 Å². The topological polar surface area (TPSA) is 92.4 Å². The lowest BCUT2D eigenvalue weighted by Crippen LogP contribution is -2.43. The summed E-state index contributed by atoms with van der Waals surface area (Å²) in [6.07, 6.45) is 2.14. The van der Waals surface area contributed by atoms with Crippen LogP contribution in [0.5, 0.6) is 0 Å². The molecule has 1 aromatic heterocycles. The van der Waals surface area contributed by atoms with E-state index >= 15 is 0 Å². The van der Waals surface area contributed by atoms with Crippen molar-refractivity contribution >= 4 is 11.9 Å². The number of nitrogens with one attached hydrogen (secondary N) is 1. The Morgan fingerprint density at radius 1 is 1.32 bits per heavy atom. The standard InChI is InChI=1S/C15H13FN2O4/c16-10-3-1-9(2-4-10)13-17-11(8-22-13)7-12(19)18-15(5-6-15)14(20)21/h1-4,8H,5-7H2,(H,18,19)(H,20,21). The summed E-state index contributed by atoms with van der Waals surface area (Å²) in [5.74, 6) is -1.52. The van der Waals surface area contributed by atoms with E-state index in [1.165, 1.54) is 30.5 Å². The molecule has 3 rings (SSSR count). The van der Waals surface area contributed by atoms with Crippen molar-refractivity contribution < 1.29 is 23.5 Å². The Labute approximate surface area is 125 Å². The second-order valence-electron chi connectivity index (χ2n) is 5.26. The fourth-order valence-electron chi connectivity index (χ4n) is 2.11. The van der Waals surface area contributed by atoms with Crippen LogP contribution in [0.25, 0.3) is 11.5 Å². The van der Waals surface area contributed by atoms with Gasteiger partial charge in [0.25, 0.3) is 0 Å². The van der Waals surface area contributed by atoms with Crippen LogP contribution in [-0.2, 0) is 16.0 Å². The number of hydrogen-bond acceptors (Lipinski definition) is 4. The van der Waals surface area contributed by atoms with Gasteiger partial charge in [0.2, 0.25) is 11.8 Å². The Kier molecular flexibility index (Phi) is 3.40. The second kappa shape index (κ2) is 5.25. The zero-order valence-corrected chi connectivity index (χ0v) is 11.5. The third-order valence-electron chi connectivity index (χ3n) is 3.52. The molecule has 1 aromatic carbocycles. The number of carbonyl (C=O) groups excluding carboxylic acids is 1. The average molecular weight is 304 g/mol. The number of rotatable bonds is 5. The lowest BCUT2D eigenvalue weighted by Gasteiger charge is -2.11. The smallest absolute Gasteiger partial charge is 0.329 e. The number of halogens is 1. The fraction of sp³-hybridized carbons (Fsp3) is 0.267. The third-order valence-corrected chi connectivity index (χ3v) is 3.52. The summed E-state index contributed by atoms with van der Waals surface area (Å²) < 4.78 is 18.1. The number of carboxylic acids is 1. The molecule has 1 saturated carbocycles. The second-order valence-corrected chi connectivity index (χ2v) is 5.26. The number of nitrogens with zero attached hydrogens (tertiary/aromatic N) is 1. The van der Waals surface area contributed by atoms with Gasteiger partial charge in [-0.05, 0) is 37.1 Å². The Morgan fingerprint density at radius 2 is 2.00 bits per heavy atom. The van der Waals surface area contributed by atoms with Gasteiger partial charge in [0.15, 0.2) is 0 Å². The lowest BCUT2D eigenvalue weighted by atomic mass is 10.2. The molecule has 0 bridgehead atoms. The highest BCUT2D eigenvalue weighted by Crippen LogP contribution is 2.35. The Hall–Kier alpha value is -2.70. The van der Waals surface area contributed by atoms with Crippen molar-refractivity contribution in [2.45, 2.75) is 24.8 Å². The molecule has 1 amide bonds. The zero-order chi connectivity index (χ0) is 15.7. The average Bonchev–Trinajstić information content (AvgIpc) is 3.11. The number of aromatic nitrogens is 1. The van der Waals surface area contributed by atoms with Crippen molar-refractivity contribution in [2.75, 3.05) is 0 Å². The number of carboxylic acid groups (broad SMARTS) is 1. The van der Waals surface area contributed by atoms with Crippen molar-refractivity contribution in [3.8, 4) is 11.5 Å². The third kappa shape index (κ3) is 2.83. The van der Waals surface area contributed by atoms with Crippen LogP contribution < -0.4 is 5.32 Å². The van der Waals surface area contributed by atoms with Gasteiger partial charge in [0, 0.05) is 5.56 Å². The highest BCUT2D eigenvalue weighted by atomic mass is 19.1. The summed E-state index contributed by atoms with van der Waals surface area (Å²) >= 11 is 0. The summed E-state index contributed by atoms with van der Waals surface area (Å²) in [6, 6.07) is 5.62. The molecule has 1 aliphatic carbocycles. The highest BCUT2D eigenvalue weighted by Gasteiger charge is 2.51. The molecule has 2 aromatic rings. The number of aliphatic carboxylic acids is 1. The van der Waals surface area contributed by atoms with Gasteiger partial charge in [-0.25, -0.2) is 14.2 Å². The molecule has 0 radical (unpaired) electrons. The van der Waals surface area contributed by atoms with E-state index in [2.05, 4.69) is 10.3 Å². The van der Waals surface area contributed by atoms with Crippen LogP contribution in [0.1, 0.15) is 18.5 Å². The minimum absolute atomic E-state index is 0.0697. The molecule has 0 atom stereocenters. The molecule has 0 unspecified atom stereocenters. The van der Waals surface area contributed by atoms with Crippen LogP contribution in [0.4, 0.5) is 4.39 Å². The van der Waals surface area contributed by atoms with Crippen molar-refractivity contribution in [1.82, 2.24) is 10.3 Å². The molecule has 0 saturated heterocycles. The molecule has 1 heterocycles. The van der Waals surface area contributed by atoms with Crippen LogP contribution >= 0.6 is 0 Å². The van der Waals surface area contributed by atoms with Crippen LogP contribution in [0.3, 0.4) is 0 Å². The molecule has 114 valence electrons. The molecule has 2 N–H and O–H groups in total. The monoisotopic (exact) mass is 304 g/mol. The predicted molar refractivity (Wildman–Crippen MR) is 73.3 cm³/mol. The van der Waals surface area contributed by atoms with Crippen LogP contribution in [0.15, 0.2) is 34.9 Å². The predicted octanol–water partition coefficient (Wildman–Crippen LogP) is 1.76. The summed E-state index contributed by atoms with van der Waals surface area (Å²) in [5, 5.41) is 11.5. The van der Waals surface area contributed by atoms with Crippen molar-refractivity contribution in [1.29, 1.82) is 0 Å². The maximum Gasteiger partial charge on any atom is 0.329 e. The van der Waals surface area contributed by atoms with E-state index in [0.717, 1.165) is 0 Å². The van der Waals surface area contributed by atoms with Gasteiger partial charge in [-0.3, -0.25) is 4.79 Å². The molecule has 1 fully saturated rings. The van der Waals surface area contributed by atoms with Gasteiger partial charge in [-0.1, -0.05) is 0 Å². The summed E-state index contributed by atoms with van der Waals surface area (Å²) in [4.78, 5) is 27.0. The van der Waals surface area contributed by atoms with E-state index in [-0.39, 0.29) is 18.1 Å². The van der Waals surface area contributed by atoms with Crippen LogP contribution in [0, 0.1) is 5.82 Å². The van der Waals surface area contributed by atoms with Crippen molar-refractivity contribution in [2.24, 2.45) is 0 Å². The minimum Gasteiger partial charge on any atom is -0.480 e. The number of amides is 1. The van der Waals surface area contributed by atoms with E-state index in [1.807, 2.05) is 0 Å². The van der Waals surface area contributed by atoms with Gasteiger partial charge in [-0.2, -0.15) is 0 Å². The van der Waals surface area contributed by atoms with E-state index in [1.54, 1.807) is 0 Å². The SMILES string of the molecule is O=C(Cc1coc(-c2ccc(F)cc2)n1)NC1(C(=O)O)CC1. The van der Waals surface area contributed by atoms with E-state index in [4.69, 9.17) is 9.52 Å². The fourth-order valence-corrected chi connectivity index (χ4v) is 2.11. The Bertz CT molecular complexity index is 719. The molecule has 0 aliphatic heterocycles. The van der Waals surface area contributed by atoms with Crippen LogP contribution in [-0.4, -0.2) is 27.5 Å². The summed E-state index contributed by atoms with van der Waals surface area (Å²) in [6.45, 7) is 0. The Balaban J connectivity index is 1.65.